The minimum absolute atomic E-state index is 0.0449. The van der Waals surface area contributed by atoms with E-state index in [1.807, 2.05) is 0 Å². The number of benzene rings is 1. The molecule has 1 unspecified atom stereocenters. The lowest BCUT2D eigenvalue weighted by Gasteiger charge is -2.08. The molecule has 17 heavy (non-hydrogen) atoms. The van der Waals surface area contributed by atoms with Crippen LogP contribution in [0.5, 0.6) is 5.75 Å². The van der Waals surface area contributed by atoms with E-state index in [0.717, 1.165) is 0 Å². The Hall–Kier alpha value is -1.62. The summed E-state index contributed by atoms with van der Waals surface area (Å²) in [6.07, 6.45) is 0. The lowest BCUT2D eigenvalue weighted by molar-refractivity contribution is 0.0997. The number of halogens is 1. The van der Waals surface area contributed by atoms with E-state index in [1.54, 1.807) is 13.0 Å². The second-order valence-electron chi connectivity index (χ2n) is 3.72. The molecule has 88 valence electrons. The Morgan fingerprint density at radius 3 is 2.71 bits per heavy atom. The van der Waals surface area contributed by atoms with E-state index in [1.165, 1.54) is 18.2 Å². The number of fused-ring (bicyclic) bond motifs is 1. The summed E-state index contributed by atoms with van der Waals surface area (Å²) < 4.78 is 0. The van der Waals surface area contributed by atoms with Crippen molar-refractivity contribution in [1.29, 1.82) is 0 Å². The van der Waals surface area contributed by atoms with Crippen molar-refractivity contribution in [3.63, 3.8) is 0 Å². The number of aromatic hydroxyl groups is 1. The van der Waals surface area contributed by atoms with Crippen LogP contribution in [0.2, 0.25) is 0 Å². The van der Waals surface area contributed by atoms with Gasteiger partial charge in [-0.05, 0) is 25.1 Å². The number of hydrogen-bond acceptors (Lipinski definition) is 3. The number of ketones is 1. The third-order valence-corrected chi connectivity index (χ3v) is 2.92. The molecule has 0 saturated heterocycles. The van der Waals surface area contributed by atoms with Crippen molar-refractivity contribution < 1.29 is 9.90 Å². The van der Waals surface area contributed by atoms with Gasteiger partial charge in [0.1, 0.15) is 5.75 Å². The molecule has 0 aliphatic carbocycles. The number of pyridine rings is 1. The Morgan fingerprint density at radius 2 is 2.06 bits per heavy atom. The van der Waals surface area contributed by atoms with E-state index in [2.05, 4.69) is 20.9 Å². The minimum Gasteiger partial charge on any atom is -0.506 e. The average molecular weight is 296 g/mol. The second-order valence-corrected chi connectivity index (χ2v) is 5.10. The van der Waals surface area contributed by atoms with Gasteiger partial charge in [0.05, 0.1) is 10.3 Å². The molecule has 1 aromatic heterocycles. The van der Waals surface area contributed by atoms with Gasteiger partial charge in [0, 0.05) is 17.0 Å². The van der Waals surface area contributed by atoms with Crippen molar-refractivity contribution in [3.05, 3.63) is 40.2 Å². The number of H-pyrrole nitrogens is 1. The van der Waals surface area contributed by atoms with Crippen LogP contribution in [-0.2, 0) is 0 Å². The second kappa shape index (κ2) is 4.33. The summed E-state index contributed by atoms with van der Waals surface area (Å²) >= 11 is 3.21. The third-order valence-electron chi connectivity index (χ3n) is 2.50. The molecule has 5 heteroatoms. The van der Waals surface area contributed by atoms with Crippen LogP contribution in [0, 0.1) is 0 Å². The van der Waals surface area contributed by atoms with E-state index < -0.39 is 0 Å². The molecule has 2 aromatic rings. The molecule has 0 fully saturated rings. The van der Waals surface area contributed by atoms with Crippen LogP contribution in [-0.4, -0.2) is 20.7 Å². The first-order valence-electron chi connectivity index (χ1n) is 5.04. The van der Waals surface area contributed by atoms with Crippen molar-refractivity contribution in [2.24, 2.45) is 0 Å². The van der Waals surface area contributed by atoms with Gasteiger partial charge >= 0.3 is 0 Å². The highest BCUT2D eigenvalue weighted by Gasteiger charge is 2.16. The Labute approximate surface area is 105 Å². The molecule has 0 bridgehead atoms. The highest BCUT2D eigenvalue weighted by Crippen LogP contribution is 2.26. The zero-order chi connectivity index (χ0) is 12.6. The van der Waals surface area contributed by atoms with E-state index >= 15 is 0 Å². The molecule has 1 aromatic carbocycles. The Balaban J connectivity index is 2.79. The number of Topliss-reactive ketones (excluding diaryl/α,β-unsaturated/α-hetero) is 1. The Morgan fingerprint density at radius 1 is 1.35 bits per heavy atom. The van der Waals surface area contributed by atoms with Gasteiger partial charge in [0.15, 0.2) is 5.78 Å². The molecule has 1 atom stereocenters. The number of phenolic OH excluding ortho intramolecular Hbond substituents is 1. The predicted octanol–water partition coefficient (Wildman–Crippen LogP) is 2.20. The van der Waals surface area contributed by atoms with Gasteiger partial charge in [-0.2, -0.15) is 0 Å². The molecular weight excluding hydrogens is 286 g/mol. The van der Waals surface area contributed by atoms with E-state index in [-0.39, 0.29) is 27.4 Å². The smallest absolute Gasteiger partial charge is 0.248 e. The van der Waals surface area contributed by atoms with Crippen LogP contribution >= 0.6 is 15.9 Å². The molecule has 2 N–H and O–H groups in total. The summed E-state index contributed by atoms with van der Waals surface area (Å²) in [6, 6.07) is 5.82. The van der Waals surface area contributed by atoms with Crippen LogP contribution in [0.4, 0.5) is 0 Å². The fourth-order valence-corrected chi connectivity index (χ4v) is 1.91. The van der Waals surface area contributed by atoms with Gasteiger partial charge in [-0.1, -0.05) is 15.9 Å². The number of phenols is 1. The molecule has 4 nitrogen and oxygen atoms in total. The molecule has 0 amide bonds. The first-order valence-corrected chi connectivity index (χ1v) is 5.95. The van der Waals surface area contributed by atoms with E-state index in [4.69, 9.17) is 0 Å². The molecule has 0 aliphatic heterocycles. The summed E-state index contributed by atoms with van der Waals surface area (Å²) in [6.45, 7) is 1.73. The molecule has 2 rings (SSSR count). The predicted molar refractivity (Wildman–Crippen MR) is 69.0 cm³/mol. The molecule has 0 saturated carbocycles. The normalized spacial score (nSPS) is 12.6. The van der Waals surface area contributed by atoms with Crippen LogP contribution in [0.1, 0.15) is 17.3 Å². The quantitative estimate of drug-likeness (QED) is 0.659. The zero-order valence-corrected chi connectivity index (χ0v) is 10.6. The molecule has 0 radical (unpaired) electrons. The van der Waals surface area contributed by atoms with Gasteiger partial charge < -0.3 is 10.1 Å². The number of nitrogens with one attached hydrogen (secondary N) is 1. The molecule has 0 aliphatic rings. The van der Waals surface area contributed by atoms with Gasteiger partial charge in [0.2, 0.25) is 5.56 Å². The van der Waals surface area contributed by atoms with Crippen molar-refractivity contribution in [2.75, 3.05) is 0 Å². The van der Waals surface area contributed by atoms with Gasteiger partial charge in [-0.15, -0.1) is 0 Å². The topological polar surface area (TPSA) is 70.2 Å². The summed E-state index contributed by atoms with van der Waals surface area (Å²) in [4.78, 5) is 25.3. The van der Waals surface area contributed by atoms with Gasteiger partial charge in [0.25, 0.3) is 0 Å². The fraction of sp³-hybridized carbons (Fsp3) is 0.167. The Bertz CT molecular complexity index is 646. The number of rotatable bonds is 2. The maximum Gasteiger partial charge on any atom is 0.248 e. The molecular formula is C12H10BrNO3. The first-order chi connectivity index (χ1) is 8.00. The van der Waals surface area contributed by atoms with Crippen LogP contribution < -0.4 is 5.56 Å². The summed E-state index contributed by atoms with van der Waals surface area (Å²) in [7, 11) is 0. The van der Waals surface area contributed by atoms with Crippen LogP contribution in [0.15, 0.2) is 29.1 Å². The fourth-order valence-electron chi connectivity index (χ4n) is 1.67. The largest absolute Gasteiger partial charge is 0.506 e. The third kappa shape index (κ3) is 2.10. The van der Waals surface area contributed by atoms with Crippen LogP contribution in [0.3, 0.4) is 0 Å². The Kier molecular flexibility index (Phi) is 3.02. The lowest BCUT2D eigenvalue weighted by atomic mass is 10.0. The van der Waals surface area contributed by atoms with Crippen molar-refractivity contribution in [1.82, 2.24) is 4.98 Å². The number of aromatic amines is 1. The minimum atomic E-state index is -0.317. The number of carbonyl (C=O) groups excluding carboxylic acids is 1. The summed E-state index contributed by atoms with van der Waals surface area (Å²) in [5, 5.41) is 10.2. The van der Waals surface area contributed by atoms with Crippen molar-refractivity contribution >= 4 is 32.6 Å². The van der Waals surface area contributed by atoms with E-state index in [9.17, 15) is 14.7 Å². The highest BCUT2D eigenvalue weighted by atomic mass is 79.9. The maximum atomic E-state index is 11.9. The number of alkyl halides is 1. The monoisotopic (exact) mass is 295 g/mol. The number of carbonyl (C=O) groups is 1. The summed E-state index contributed by atoms with van der Waals surface area (Å²) in [5.41, 5.74) is 0.444. The number of aromatic nitrogens is 1. The van der Waals surface area contributed by atoms with Gasteiger partial charge in [-0.25, -0.2) is 0 Å². The highest BCUT2D eigenvalue weighted by molar-refractivity contribution is 9.10. The van der Waals surface area contributed by atoms with E-state index in [0.29, 0.717) is 10.9 Å². The van der Waals surface area contributed by atoms with Gasteiger partial charge in [-0.3, -0.25) is 9.59 Å². The first kappa shape index (κ1) is 11.9. The van der Waals surface area contributed by atoms with Crippen molar-refractivity contribution in [3.8, 4) is 5.75 Å². The lowest BCUT2D eigenvalue weighted by Crippen LogP contribution is -2.12. The summed E-state index contributed by atoms with van der Waals surface area (Å²) in [5.74, 6) is -0.140. The zero-order valence-electron chi connectivity index (χ0n) is 9.03. The molecule has 0 spiro atoms. The standard InChI is InChI=1S/C12H10BrNO3/c1-6(13)12(17)8-2-4-9(15)11-7(8)3-5-10(16)14-11/h2-6,15H,1H3,(H,14,16). The SMILES string of the molecule is CC(Br)C(=O)c1ccc(O)c2[nH]c(=O)ccc12. The van der Waals surface area contributed by atoms with Crippen LogP contribution in [0.25, 0.3) is 10.9 Å². The number of hydrogen-bond donors (Lipinski definition) is 2. The average Bonchev–Trinajstić information content (AvgIpc) is 2.29. The maximum absolute atomic E-state index is 11.9. The van der Waals surface area contributed by atoms with Crippen molar-refractivity contribution in [2.45, 2.75) is 11.8 Å². The molecule has 1 heterocycles.